The van der Waals surface area contributed by atoms with Crippen LogP contribution >= 0.6 is 11.6 Å². The summed E-state index contributed by atoms with van der Waals surface area (Å²) in [5.41, 5.74) is -0.156. The number of aromatic nitrogens is 2. The van der Waals surface area contributed by atoms with Crippen molar-refractivity contribution in [2.45, 2.75) is 6.18 Å². The first-order chi connectivity index (χ1) is 12.3. The first kappa shape index (κ1) is 18.0. The van der Waals surface area contributed by atoms with Crippen LogP contribution in [0.15, 0.2) is 60.8 Å². The van der Waals surface area contributed by atoms with E-state index in [1.54, 1.807) is 11.0 Å². The Labute approximate surface area is 153 Å². The molecule has 0 radical (unpaired) electrons. The van der Waals surface area contributed by atoms with Gasteiger partial charge < -0.3 is 10.2 Å². The van der Waals surface area contributed by atoms with Gasteiger partial charge in [0, 0.05) is 24.0 Å². The second-order valence-corrected chi connectivity index (χ2v) is 5.88. The van der Waals surface area contributed by atoms with Gasteiger partial charge in [0.2, 0.25) is 5.95 Å². The Morgan fingerprint density at radius 3 is 2.46 bits per heavy atom. The third-order valence-electron chi connectivity index (χ3n) is 3.66. The molecule has 4 nitrogen and oxygen atoms in total. The lowest BCUT2D eigenvalue weighted by Gasteiger charge is -2.19. The topological polar surface area (TPSA) is 41.1 Å². The van der Waals surface area contributed by atoms with E-state index in [0.717, 1.165) is 11.8 Å². The van der Waals surface area contributed by atoms with Crippen molar-refractivity contribution in [2.75, 3.05) is 17.3 Å². The number of benzene rings is 2. The smallest absolute Gasteiger partial charge is 0.329 e. The van der Waals surface area contributed by atoms with E-state index in [1.165, 1.54) is 18.3 Å². The van der Waals surface area contributed by atoms with E-state index in [0.29, 0.717) is 5.82 Å². The monoisotopic (exact) mass is 378 g/mol. The van der Waals surface area contributed by atoms with Crippen LogP contribution in [0.4, 0.5) is 36.3 Å². The number of alkyl halides is 3. The first-order valence-electron chi connectivity index (χ1n) is 7.60. The largest absolute Gasteiger partial charge is 0.418 e. The standard InChI is InChI=1S/C18H14ClF3N4/c1-26(13-5-3-2-4-6-13)16-9-10-23-17(25-16)24-15-8-7-12(19)11-14(15)18(20,21)22/h2-11H,1H3,(H,23,24,25). The van der Waals surface area contributed by atoms with Crippen molar-refractivity contribution in [1.29, 1.82) is 0 Å². The van der Waals surface area contributed by atoms with Crippen LogP contribution in [-0.2, 0) is 6.18 Å². The summed E-state index contributed by atoms with van der Waals surface area (Å²) in [7, 11) is 1.81. The van der Waals surface area contributed by atoms with Gasteiger partial charge in [-0.25, -0.2) is 4.98 Å². The molecule has 0 saturated heterocycles. The van der Waals surface area contributed by atoms with Crippen molar-refractivity contribution in [2.24, 2.45) is 0 Å². The highest BCUT2D eigenvalue weighted by Gasteiger charge is 2.34. The van der Waals surface area contributed by atoms with Crippen molar-refractivity contribution in [3.8, 4) is 0 Å². The lowest BCUT2D eigenvalue weighted by Crippen LogP contribution is -2.13. The number of rotatable bonds is 4. The maximum absolute atomic E-state index is 13.2. The molecule has 0 amide bonds. The normalized spacial score (nSPS) is 11.3. The van der Waals surface area contributed by atoms with Gasteiger partial charge >= 0.3 is 6.18 Å². The third kappa shape index (κ3) is 4.05. The first-order valence-corrected chi connectivity index (χ1v) is 7.98. The number of para-hydroxylation sites is 1. The number of nitrogens with one attached hydrogen (secondary N) is 1. The zero-order valence-corrected chi connectivity index (χ0v) is 14.4. The van der Waals surface area contributed by atoms with Crippen molar-refractivity contribution >= 4 is 34.7 Å². The molecule has 0 fully saturated rings. The molecule has 134 valence electrons. The zero-order valence-electron chi connectivity index (χ0n) is 13.6. The molecule has 0 saturated carbocycles. The number of halogens is 4. The molecule has 8 heteroatoms. The lowest BCUT2D eigenvalue weighted by atomic mass is 10.1. The van der Waals surface area contributed by atoms with E-state index in [9.17, 15) is 13.2 Å². The molecule has 3 rings (SSSR count). The molecular formula is C18H14ClF3N4. The van der Waals surface area contributed by atoms with Crippen LogP contribution in [0.25, 0.3) is 0 Å². The van der Waals surface area contributed by atoms with Crippen LogP contribution in [-0.4, -0.2) is 17.0 Å². The Morgan fingerprint density at radius 1 is 1.04 bits per heavy atom. The summed E-state index contributed by atoms with van der Waals surface area (Å²) >= 11 is 5.69. The highest BCUT2D eigenvalue weighted by atomic mass is 35.5. The van der Waals surface area contributed by atoms with Crippen LogP contribution in [0.3, 0.4) is 0 Å². The average Bonchev–Trinajstić information content (AvgIpc) is 2.63. The fourth-order valence-electron chi connectivity index (χ4n) is 2.36. The molecule has 1 N–H and O–H groups in total. The summed E-state index contributed by atoms with van der Waals surface area (Å²) in [5.74, 6) is 0.592. The van der Waals surface area contributed by atoms with E-state index in [4.69, 9.17) is 11.6 Å². The summed E-state index contributed by atoms with van der Waals surface area (Å²) in [6, 6.07) is 14.6. The van der Waals surface area contributed by atoms with Gasteiger partial charge in [-0.15, -0.1) is 0 Å². The summed E-state index contributed by atoms with van der Waals surface area (Å²) in [4.78, 5) is 10.1. The van der Waals surface area contributed by atoms with Gasteiger partial charge in [0.15, 0.2) is 0 Å². The van der Waals surface area contributed by atoms with E-state index < -0.39 is 11.7 Å². The summed E-state index contributed by atoms with van der Waals surface area (Å²) < 4.78 is 39.6. The van der Waals surface area contributed by atoms with E-state index in [1.807, 2.05) is 37.4 Å². The summed E-state index contributed by atoms with van der Waals surface area (Å²) in [6.07, 6.45) is -3.07. The highest BCUT2D eigenvalue weighted by Crippen LogP contribution is 2.37. The molecule has 0 aliphatic carbocycles. The van der Waals surface area contributed by atoms with Crippen LogP contribution in [0, 0.1) is 0 Å². The third-order valence-corrected chi connectivity index (χ3v) is 3.90. The Morgan fingerprint density at radius 2 is 1.77 bits per heavy atom. The van der Waals surface area contributed by atoms with Crippen LogP contribution in [0.5, 0.6) is 0 Å². The summed E-state index contributed by atoms with van der Waals surface area (Å²) in [6.45, 7) is 0. The maximum Gasteiger partial charge on any atom is 0.418 e. The fraction of sp³-hybridized carbons (Fsp3) is 0.111. The quantitative estimate of drug-likeness (QED) is 0.636. The Bertz CT molecular complexity index is 900. The highest BCUT2D eigenvalue weighted by molar-refractivity contribution is 6.30. The Balaban J connectivity index is 1.91. The molecule has 1 aromatic heterocycles. The van der Waals surface area contributed by atoms with Gasteiger partial charge in [0.05, 0.1) is 11.3 Å². The van der Waals surface area contributed by atoms with Gasteiger partial charge in [-0.1, -0.05) is 29.8 Å². The van der Waals surface area contributed by atoms with Crippen molar-refractivity contribution in [1.82, 2.24) is 9.97 Å². The lowest BCUT2D eigenvalue weighted by molar-refractivity contribution is -0.136. The molecule has 0 unspecified atom stereocenters. The average molecular weight is 379 g/mol. The minimum atomic E-state index is -4.55. The number of anilines is 4. The minimum absolute atomic E-state index is 0.00125. The maximum atomic E-state index is 13.2. The Kier molecular flexibility index (Phi) is 4.99. The van der Waals surface area contributed by atoms with Gasteiger partial charge in [0.1, 0.15) is 5.82 Å². The SMILES string of the molecule is CN(c1ccccc1)c1ccnc(Nc2ccc(Cl)cc2C(F)(F)F)n1. The molecular weight excluding hydrogens is 365 g/mol. The van der Waals surface area contributed by atoms with Crippen molar-refractivity contribution < 1.29 is 13.2 Å². The minimum Gasteiger partial charge on any atom is -0.329 e. The van der Waals surface area contributed by atoms with Gasteiger partial charge in [-0.2, -0.15) is 18.2 Å². The van der Waals surface area contributed by atoms with Crippen molar-refractivity contribution in [3.05, 3.63) is 71.4 Å². The number of hydrogen-bond donors (Lipinski definition) is 1. The molecule has 0 spiro atoms. The van der Waals surface area contributed by atoms with E-state index in [-0.39, 0.29) is 16.7 Å². The molecule has 0 aliphatic heterocycles. The molecule has 26 heavy (non-hydrogen) atoms. The number of nitrogens with zero attached hydrogens (tertiary/aromatic N) is 3. The second-order valence-electron chi connectivity index (χ2n) is 5.45. The molecule has 3 aromatic rings. The van der Waals surface area contributed by atoms with Crippen LogP contribution in [0.2, 0.25) is 5.02 Å². The van der Waals surface area contributed by atoms with Crippen LogP contribution in [0.1, 0.15) is 5.56 Å². The van der Waals surface area contributed by atoms with Crippen LogP contribution < -0.4 is 10.2 Å². The van der Waals surface area contributed by atoms with E-state index >= 15 is 0 Å². The predicted molar refractivity (Wildman–Crippen MR) is 96.3 cm³/mol. The molecule has 2 aromatic carbocycles. The zero-order chi connectivity index (χ0) is 18.7. The molecule has 0 atom stereocenters. The van der Waals surface area contributed by atoms with Gasteiger partial charge in [-0.3, -0.25) is 0 Å². The predicted octanol–water partition coefficient (Wildman–Crippen LogP) is 5.66. The fourth-order valence-corrected chi connectivity index (χ4v) is 2.53. The van der Waals surface area contributed by atoms with E-state index in [2.05, 4.69) is 15.3 Å². The Hall–Kier alpha value is -2.80. The van der Waals surface area contributed by atoms with Crippen molar-refractivity contribution in [3.63, 3.8) is 0 Å². The second kappa shape index (κ2) is 7.21. The van der Waals surface area contributed by atoms with Gasteiger partial charge in [-0.05, 0) is 36.4 Å². The molecule has 0 aliphatic rings. The summed E-state index contributed by atoms with van der Waals surface area (Å²) in [5, 5.41) is 2.63. The molecule has 0 bridgehead atoms. The van der Waals surface area contributed by atoms with Gasteiger partial charge in [0.25, 0.3) is 0 Å². The molecule has 1 heterocycles. The number of hydrogen-bond acceptors (Lipinski definition) is 4.